The molecule has 0 aliphatic carbocycles. The lowest BCUT2D eigenvalue weighted by molar-refractivity contribution is -0.164. The average molecular weight is 234 g/mol. The van der Waals surface area contributed by atoms with Gasteiger partial charge in [-0.15, -0.1) is 0 Å². The molecule has 6 nitrogen and oxygen atoms in total. The second-order valence-corrected chi connectivity index (χ2v) is 4.38. The summed E-state index contributed by atoms with van der Waals surface area (Å²) in [5, 5.41) is 26.7. The van der Waals surface area contributed by atoms with Gasteiger partial charge < -0.3 is 24.9 Å². The van der Waals surface area contributed by atoms with Crippen molar-refractivity contribution in [1.29, 1.82) is 0 Å². The van der Waals surface area contributed by atoms with Gasteiger partial charge >= 0.3 is 5.97 Å². The first kappa shape index (κ1) is 15.0. The molecule has 6 heteroatoms. The summed E-state index contributed by atoms with van der Waals surface area (Å²) in [6, 6.07) is 0. The van der Waals surface area contributed by atoms with Gasteiger partial charge in [-0.3, -0.25) is 4.79 Å². The summed E-state index contributed by atoms with van der Waals surface area (Å²) in [5.41, 5.74) is -2.54. The van der Waals surface area contributed by atoms with Crippen LogP contribution in [0.1, 0.15) is 13.8 Å². The second kappa shape index (κ2) is 5.93. The Labute approximate surface area is 93.8 Å². The van der Waals surface area contributed by atoms with E-state index in [1.165, 1.54) is 13.8 Å². The zero-order chi connectivity index (χ0) is 12.8. The van der Waals surface area contributed by atoms with Crippen molar-refractivity contribution in [3.63, 3.8) is 0 Å². The van der Waals surface area contributed by atoms with Gasteiger partial charge in [0, 0.05) is 0 Å². The highest BCUT2D eigenvalue weighted by molar-refractivity contribution is 5.77. The summed E-state index contributed by atoms with van der Waals surface area (Å²) in [6.07, 6.45) is 0.496. The van der Waals surface area contributed by atoms with E-state index < -0.39 is 36.6 Å². The molecule has 0 rings (SSSR count). The van der Waals surface area contributed by atoms with Gasteiger partial charge in [0.1, 0.15) is 18.3 Å². The van der Waals surface area contributed by atoms with Gasteiger partial charge in [0.2, 0.25) is 0 Å². The second-order valence-electron chi connectivity index (χ2n) is 4.38. The van der Waals surface area contributed by atoms with Crippen molar-refractivity contribution >= 4 is 12.3 Å². The normalized spacial score (nSPS) is 15.3. The van der Waals surface area contributed by atoms with Crippen LogP contribution in [0.5, 0.6) is 0 Å². The fourth-order valence-electron chi connectivity index (χ4n) is 0.701. The lowest BCUT2D eigenvalue weighted by atomic mass is 9.92. The van der Waals surface area contributed by atoms with E-state index in [0.29, 0.717) is 6.29 Å². The molecule has 0 spiro atoms. The minimum absolute atomic E-state index is 0.290. The van der Waals surface area contributed by atoms with Crippen LogP contribution in [-0.2, 0) is 14.3 Å². The Morgan fingerprint density at radius 2 is 1.69 bits per heavy atom. The van der Waals surface area contributed by atoms with Crippen molar-refractivity contribution in [3.05, 3.63) is 0 Å². The number of hydrogen-bond donors (Lipinski definition) is 3. The van der Waals surface area contributed by atoms with Gasteiger partial charge in [-0.1, -0.05) is 0 Å². The minimum atomic E-state index is -1.39. The summed E-state index contributed by atoms with van der Waals surface area (Å²) in [5.74, 6) is -0.806. The molecule has 3 N–H and O–H groups in total. The lowest BCUT2D eigenvalue weighted by Gasteiger charge is -2.25. The molecule has 0 heterocycles. The number of ether oxygens (including phenoxy) is 1. The zero-order valence-electron chi connectivity index (χ0n) is 9.47. The molecule has 0 amide bonds. The van der Waals surface area contributed by atoms with Crippen LogP contribution in [0.4, 0.5) is 0 Å². The molecule has 0 radical (unpaired) electrons. The molecule has 1 unspecified atom stereocenters. The number of esters is 1. The highest BCUT2D eigenvalue weighted by Crippen LogP contribution is 2.19. The van der Waals surface area contributed by atoms with E-state index in [2.05, 4.69) is 0 Å². The molecule has 0 aliphatic heterocycles. The standard InChI is InChI=1S/C10H18O6/c1-9(3-11,4-12)7-16-8(15)10(2,5-13)6-14/h3,12-14H,4-7H2,1-2H3. The van der Waals surface area contributed by atoms with Crippen molar-refractivity contribution in [2.75, 3.05) is 26.4 Å². The van der Waals surface area contributed by atoms with E-state index >= 15 is 0 Å². The largest absolute Gasteiger partial charge is 0.464 e. The number of carbonyl (C=O) groups excluding carboxylic acids is 2. The van der Waals surface area contributed by atoms with E-state index in [1.807, 2.05) is 0 Å². The van der Waals surface area contributed by atoms with Gasteiger partial charge in [-0.25, -0.2) is 0 Å². The highest BCUT2D eigenvalue weighted by atomic mass is 16.5. The van der Waals surface area contributed by atoms with Gasteiger partial charge in [0.05, 0.1) is 25.2 Å². The molecule has 0 saturated heterocycles. The molecule has 0 saturated carbocycles. The molecule has 16 heavy (non-hydrogen) atoms. The Morgan fingerprint density at radius 3 is 2.00 bits per heavy atom. The van der Waals surface area contributed by atoms with Crippen molar-refractivity contribution in [2.24, 2.45) is 10.8 Å². The van der Waals surface area contributed by atoms with Crippen LogP contribution < -0.4 is 0 Å². The summed E-state index contributed by atoms with van der Waals surface area (Å²) < 4.78 is 4.79. The molecule has 1 atom stereocenters. The highest BCUT2D eigenvalue weighted by Gasteiger charge is 2.35. The Bertz CT molecular complexity index is 248. The molecule has 0 aromatic carbocycles. The zero-order valence-corrected chi connectivity index (χ0v) is 9.47. The van der Waals surface area contributed by atoms with Crippen LogP contribution in [0.3, 0.4) is 0 Å². The smallest absolute Gasteiger partial charge is 0.316 e. The molecule has 0 aliphatic rings. The van der Waals surface area contributed by atoms with E-state index in [1.54, 1.807) is 0 Å². The predicted molar refractivity (Wildman–Crippen MR) is 54.5 cm³/mol. The van der Waals surface area contributed by atoms with Crippen molar-refractivity contribution in [1.82, 2.24) is 0 Å². The monoisotopic (exact) mass is 234 g/mol. The van der Waals surface area contributed by atoms with Crippen molar-refractivity contribution in [2.45, 2.75) is 13.8 Å². The van der Waals surface area contributed by atoms with E-state index in [-0.39, 0.29) is 6.61 Å². The Morgan fingerprint density at radius 1 is 1.19 bits per heavy atom. The minimum Gasteiger partial charge on any atom is -0.464 e. The maximum absolute atomic E-state index is 11.5. The summed E-state index contributed by atoms with van der Waals surface area (Å²) >= 11 is 0. The van der Waals surface area contributed by atoms with Crippen molar-refractivity contribution < 1.29 is 29.6 Å². The van der Waals surface area contributed by atoms with Crippen LogP contribution in [0.25, 0.3) is 0 Å². The third-order valence-corrected chi connectivity index (χ3v) is 2.37. The number of aliphatic hydroxyl groups excluding tert-OH is 3. The van der Waals surface area contributed by atoms with Gasteiger partial charge in [-0.05, 0) is 13.8 Å². The fourth-order valence-corrected chi connectivity index (χ4v) is 0.701. The maximum Gasteiger partial charge on any atom is 0.316 e. The van der Waals surface area contributed by atoms with Crippen LogP contribution in [0.2, 0.25) is 0 Å². The van der Waals surface area contributed by atoms with E-state index in [9.17, 15) is 9.59 Å². The van der Waals surface area contributed by atoms with Gasteiger partial charge in [0.25, 0.3) is 0 Å². The number of carbonyl (C=O) groups is 2. The van der Waals surface area contributed by atoms with Crippen LogP contribution >= 0.6 is 0 Å². The van der Waals surface area contributed by atoms with Gasteiger partial charge in [-0.2, -0.15) is 0 Å². The summed E-state index contributed by atoms with van der Waals surface area (Å²) in [4.78, 5) is 22.1. The first-order valence-corrected chi connectivity index (χ1v) is 4.83. The average Bonchev–Trinajstić information content (AvgIpc) is 2.34. The Balaban J connectivity index is 4.42. The molecule has 0 bridgehead atoms. The molecule has 0 aromatic heterocycles. The number of rotatable bonds is 7. The SMILES string of the molecule is CC(C=O)(CO)COC(=O)C(C)(CO)CO. The van der Waals surface area contributed by atoms with Crippen molar-refractivity contribution in [3.8, 4) is 0 Å². The summed E-state index contributed by atoms with van der Waals surface area (Å²) in [6.45, 7) is 0.924. The predicted octanol–water partition coefficient (Wildman–Crippen LogP) is -1.28. The Kier molecular flexibility index (Phi) is 5.57. The first-order valence-electron chi connectivity index (χ1n) is 4.83. The lowest BCUT2D eigenvalue weighted by Crippen LogP contribution is -2.40. The van der Waals surface area contributed by atoms with Gasteiger partial charge in [0.15, 0.2) is 0 Å². The number of aliphatic hydroxyl groups is 3. The molecule has 94 valence electrons. The number of aldehydes is 1. The quantitative estimate of drug-likeness (QED) is 0.374. The topological polar surface area (TPSA) is 104 Å². The molecular weight excluding hydrogens is 216 g/mol. The molecular formula is C10H18O6. The van der Waals surface area contributed by atoms with Crippen LogP contribution in [0.15, 0.2) is 0 Å². The Hall–Kier alpha value is -0.980. The molecule has 0 fully saturated rings. The fraction of sp³-hybridized carbons (Fsp3) is 0.800. The van der Waals surface area contributed by atoms with Crippen LogP contribution in [0, 0.1) is 10.8 Å². The third-order valence-electron chi connectivity index (χ3n) is 2.37. The third kappa shape index (κ3) is 3.55. The van der Waals surface area contributed by atoms with Crippen LogP contribution in [-0.4, -0.2) is 54.0 Å². The summed E-state index contributed by atoms with van der Waals surface area (Å²) in [7, 11) is 0. The van der Waals surface area contributed by atoms with E-state index in [0.717, 1.165) is 0 Å². The van der Waals surface area contributed by atoms with E-state index in [4.69, 9.17) is 20.1 Å². The molecule has 0 aromatic rings. The maximum atomic E-state index is 11.5. The first-order chi connectivity index (χ1) is 7.37. The number of hydrogen-bond acceptors (Lipinski definition) is 6.